The average molecular weight is 499 g/mol. The van der Waals surface area contributed by atoms with Crippen LogP contribution in [0.4, 0.5) is 13.2 Å². The van der Waals surface area contributed by atoms with Gasteiger partial charge in [-0.25, -0.2) is 4.98 Å². The minimum atomic E-state index is -4.41. The van der Waals surface area contributed by atoms with Gasteiger partial charge >= 0.3 is 6.18 Å². The fourth-order valence-corrected chi connectivity index (χ4v) is 4.23. The molecule has 0 N–H and O–H groups in total. The lowest BCUT2D eigenvalue weighted by atomic mass is 10.0. The predicted octanol–water partition coefficient (Wildman–Crippen LogP) is 7.23. The number of methoxy groups -OCH3 is 2. The third-order valence-electron chi connectivity index (χ3n) is 6.06. The van der Waals surface area contributed by atoms with Crippen molar-refractivity contribution in [2.45, 2.75) is 6.18 Å². The topological polar surface area (TPSA) is 59.5 Å². The Morgan fingerprint density at radius 2 is 1.57 bits per heavy atom. The van der Waals surface area contributed by atoms with Crippen molar-refractivity contribution < 1.29 is 22.6 Å². The second-order valence-corrected chi connectivity index (χ2v) is 8.29. The van der Waals surface area contributed by atoms with Crippen molar-refractivity contribution >= 4 is 28.8 Å². The molecule has 5 nitrogen and oxygen atoms in total. The number of para-hydroxylation sites is 2. The number of nitrogens with zero attached hydrogens (tertiary/aromatic N) is 3. The van der Waals surface area contributed by atoms with E-state index < -0.39 is 11.7 Å². The highest BCUT2D eigenvalue weighted by atomic mass is 19.4. The summed E-state index contributed by atoms with van der Waals surface area (Å²) in [5, 5.41) is 10.1. The van der Waals surface area contributed by atoms with Crippen molar-refractivity contribution in [2.75, 3.05) is 14.2 Å². The van der Waals surface area contributed by atoms with Gasteiger partial charge in [0.1, 0.15) is 23.1 Å². The normalized spacial score (nSPS) is 11.8. The first-order valence-electron chi connectivity index (χ1n) is 11.3. The number of hydrogen-bond donors (Lipinski definition) is 0. The van der Waals surface area contributed by atoms with E-state index in [2.05, 4.69) is 6.07 Å². The van der Waals surface area contributed by atoms with Crippen LogP contribution in [0.2, 0.25) is 0 Å². The van der Waals surface area contributed by atoms with E-state index in [1.54, 1.807) is 32.4 Å². The monoisotopic (exact) mass is 499 g/mol. The number of fused-ring (bicyclic) bond motifs is 3. The van der Waals surface area contributed by atoms with Crippen LogP contribution in [0.5, 0.6) is 11.5 Å². The molecule has 8 heteroatoms. The largest absolute Gasteiger partial charge is 0.497 e. The Labute approximate surface area is 210 Å². The van der Waals surface area contributed by atoms with Gasteiger partial charge in [-0.15, -0.1) is 0 Å². The Morgan fingerprint density at radius 1 is 0.892 bits per heavy atom. The zero-order valence-corrected chi connectivity index (χ0v) is 19.9. The summed E-state index contributed by atoms with van der Waals surface area (Å²) in [5.41, 5.74) is 4.29. The summed E-state index contributed by atoms with van der Waals surface area (Å²) in [5.74, 6) is 1.19. The molecule has 0 atom stereocenters. The summed E-state index contributed by atoms with van der Waals surface area (Å²) >= 11 is 0. The second kappa shape index (κ2) is 9.36. The van der Waals surface area contributed by atoms with Crippen LogP contribution < -0.4 is 9.47 Å². The minimum Gasteiger partial charge on any atom is -0.497 e. The number of benzene rings is 3. The first-order valence-corrected chi connectivity index (χ1v) is 11.3. The van der Waals surface area contributed by atoms with E-state index in [4.69, 9.17) is 14.5 Å². The van der Waals surface area contributed by atoms with E-state index in [0.717, 1.165) is 34.4 Å². The number of rotatable bonds is 5. The van der Waals surface area contributed by atoms with Gasteiger partial charge in [-0.1, -0.05) is 36.4 Å². The summed E-state index contributed by atoms with van der Waals surface area (Å²) in [6, 6.07) is 22.0. The van der Waals surface area contributed by atoms with Crippen molar-refractivity contribution in [2.24, 2.45) is 0 Å². The zero-order chi connectivity index (χ0) is 26.2. The van der Waals surface area contributed by atoms with Crippen molar-refractivity contribution in [3.05, 3.63) is 95.1 Å². The molecule has 2 aromatic heterocycles. The lowest BCUT2D eigenvalue weighted by Crippen LogP contribution is -2.03. The molecule has 0 unspecified atom stereocenters. The lowest BCUT2D eigenvalue weighted by molar-refractivity contribution is -0.137. The molecule has 0 saturated carbocycles. The lowest BCUT2D eigenvalue weighted by Gasteiger charge is -2.13. The Kier molecular flexibility index (Phi) is 6.06. The third kappa shape index (κ3) is 4.47. The van der Waals surface area contributed by atoms with Crippen LogP contribution in [-0.4, -0.2) is 23.6 Å². The molecule has 0 aliphatic carbocycles. The SMILES string of the molecule is COc1cc(OC)cc(-c2cc(C=Cc3ccc(C(F)(F)F)cc3)c(C#N)c3nc4ccccc4n23)c1. The molecular formula is C29H20F3N3O2. The molecule has 5 rings (SSSR count). The van der Waals surface area contributed by atoms with E-state index in [9.17, 15) is 18.4 Å². The van der Waals surface area contributed by atoms with Crippen molar-refractivity contribution in [3.8, 4) is 28.8 Å². The maximum Gasteiger partial charge on any atom is 0.416 e. The van der Waals surface area contributed by atoms with E-state index in [1.807, 2.05) is 46.9 Å². The van der Waals surface area contributed by atoms with Crippen molar-refractivity contribution in [1.82, 2.24) is 9.38 Å². The van der Waals surface area contributed by atoms with E-state index >= 15 is 0 Å². The van der Waals surface area contributed by atoms with Crippen molar-refractivity contribution in [3.63, 3.8) is 0 Å². The minimum absolute atomic E-state index is 0.345. The van der Waals surface area contributed by atoms with Gasteiger partial charge in [0.25, 0.3) is 0 Å². The second-order valence-electron chi connectivity index (χ2n) is 8.29. The number of ether oxygens (including phenoxy) is 2. The molecule has 0 saturated heterocycles. The number of alkyl halides is 3. The molecule has 184 valence electrons. The Morgan fingerprint density at radius 3 is 2.19 bits per heavy atom. The Balaban J connectivity index is 1.74. The number of hydrogen-bond acceptors (Lipinski definition) is 4. The molecule has 37 heavy (non-hydrogen) atoms. The quantitative estimate of drug-likeness (QED) is 0.256. The summed E-state index contributed by atoms with van der Waals surface area (Å²) in [6.45, 7) is 0. The Hall–Kier alpha value is -4.77. The maximum absolute atomic E-state index is 12.9. The first kappa shape index (κ1) is 23.9. The molecule has 5 aromatic rings. The van der Waals surface area contributed by atoms with Gasteiger partial charge in [0.05, 0.1) is 36.5 Å². The Bertz CT molecular complexity index is 1670. The molecule has 2 heterocycles. The molecule has 0 aliphatic heterocycles. The van der Waals surface area contributed by atoms with Crippen LogP contribution >= 0.6 is 0 Å². The number of aromatic nitrogens is 2. The van der Waals surface area contributed by atoms with Gasteiger partial charge < -0.3 is 9.47 Å². The molecule has 0 spiro atoms. The molecule has 0 amide bonds. The number of halogens is 3. The van der Waals surface area contributed by atoms with Crippen LogP contribution in [0.1, 0.15) is 22.3 Å². The van der Waals surface area contributed by atoms with Crippen LogP contribution in [0, 0.1) is 11.3 Å². The van der Waals surface area contributed by atoms with Crippen LogP contribution in [-0.2, 0) is 6.18 Å². The first-order chi connectivity index (χ1) is 17.8. The predicted molar refractivity (Wildman–Crippen MR) is 136 cm³/mol. The van der Waals surface area contributed by atoms with Crippen LogP contribution in [0.25, 0.3) is 40.1 Å². The smallest absolute Gasteiger partial charge is 0.416 e. The zero-order valence-electron chi connectivity index (χ0n) is 19.9. The molecule has 0 radical (unpaired) electrons. The maximum atomic E-state index is 12.9. The molecular weight excluding hydrogens is 479 g/mol. The van der Waals surface area contributed by atoms with Gasteiger partial charge in [-0.3, -0.25) is 4.40 Å². The van der Waals surface area contributed by atoms with E-state index in [1.165, 1.54) is 12.1 Å². The molecule has 0 bridgehead atoms. The summed E-state index contributed by atoms with van der Waals surface area (Å²) in [6.07, 6.45) is -1.02. The van der Waals surface area contributed by atoms with E-state index in [0.29, 0.717) is 33.8 Å². The molecule has 0 aliphatic rings. The highest BCUT2D eigenvalue weighted by Crippen LogP contribution is 2.35. The van der Waals surface area contributed by atoms with Crippen LogP contribution in [0.3, 0.4) is 0 Å². The van der Waals surface area contributed by atoms with Gasteiger partial charge in [0, 0.05) is 11.6 Å². The van der Waals surface area contributed by atoms with Gasteiger partial charge in [-0.2, -0.15) is 18.4 Å². The third-order valence-corrected chi connectivity index (χ3v) is 6.06. The van der Waals surface area contributed by atoms with Gasteiger partial charge in [0.15, 0.2) is 5.65 Å². The summed E-state index contributed by atoms with van der Waals surface area (Å²) in [7, 11) is 3.13. The summed E-state index contributed by atoms with van der Waals surface area (Å²) in [4.78, 5) is 4.73. The summed E-state index contributed by atoms with van der Waals surface area (Å²) < 4.78 is 51.7. The highest BCUT2D eigenvalue weighted by molar-refractivity contribution is 5.89. The van der Waals surface area contributed by atoms with Crippen molar-refractivity contribution in [1.29, 1.82) is 5.26 Å². The van der Waals surface area contributed by atoms with Crippen LogP contribution in [0.15, 0.2) is 72.8 Å². The average Bonchev–Trinajstić information content (AvgIpc) is 3.30. The van der Waals surface area contributed by atoms with E-state index in [-0.39, 0.29) is 0 Å². The molecule has 0 fully saturated rings. The standard InChI is InChI=1S/C29H20F3N3O2/c1-36-22-13-20(14-23(16-22)37-2)27-15-19(10-7-18-8-11-21(12-9-18)29(30,31)32)24(17-33)28-34-25-5-3-4-6-26(25)35(27)28/h3-16H,1-2H3. The number of nitriles is 1. The van der Waals surface area contributed by atoms with Gasteiger partial charge in [0.2, 0.25) is 0 Å². The van der Waals surface area contributed by atoms with Gasteiger partial charge in [-0.05, 0) is 53.6 Å². The molecule has 3 aromatic carbocycles. The highest BCUT2D eigenvalue weighted by Gasteiger charge is 2.29. The fourth-order valence-electron chi connectivity index (χ4n) is 4.23. The number of imidazole rings is 1. The fraction of sp³-hybridized carbons (Fsp3) is 0.103. The number of pyridine rings is 1.